The number of methoxy groups -OCH3 is 2. The maximum Gasteiger partial charge on any atom is 0.246 e. The Kier molecular flexibility index (Phi) is 30.6. The second-order valence-electron chi connectivity index (χ2n) is 26.4. The Hall–Kier alpha value is -9.22. The van der Waals surface area contributed by atoms with E-state index in [0.29, 0.717) is 61.9 Å². The zero-order valence-corrected chi connectivity index (χ0v) is 67.8. The van der Waals surface area contributed by atoms with Crippen LogP contribution in [0.25, 0.3) is 32.7 Å². The maximum atomic E-state index is 13.9. The number of hydrogen-bond acceptors (Lipinski definition) is 18. The Morgan fingerprint density at radius 3 is 1.45 bits per heavy atom. The van der Waals surface area contributed by atoms with E-state index in [-0.39, 0.29) is 125 Å². The molecule has 16 rings (SSSR count). The van der Waals surface area contributed by atoms with Gasteiger partial charge in [-0.15, -0.1) is 0 Å². The number of H-pyrrole nitrogens is 3. The van der Waals surface area contributed by atoms with Crippen molar-refractivity contribution in [2.24, 2.45) is 29.0 Å². The zero-order valence-electron chi connectivity index (χ0n) is 59.8. The summed E-state index contributed by atoms with van der Waals surface area (Å²) in [6.45, 7) is 3.80. The first-order valence-electron chi connectivity index (χ1n) is 34.4. The minimum Gasteiger partial charge on any atom is -0.454 e. The molecule has 7 aliphatic rings. The van der Waals surface area contributed by atoms with Crippen LogP contribution in [0, 0.1) is 19.3 Å². The predicted molar refractivity (Wildman–Crippen MR) is 423 cm³/mol. The van der Waals surface area contributed by atoms with Crippen molar-refractivity contribution in [1.82, 2.24) is 35.4 Å². The number of piperazine rings is 1. The molecule has 596 valence electrons. The molecular weight excluding hydrogens is 1860 g/mol. The van der Waals surface area contributed by atoms with Crippen molar-refractivity contribution >= 4 is 123 Å². The second kappa shape index (κ2) is 38.8. The molecule has 111 heavy (non-hydrogen) atoms. The van der Waals surface area contributed by atoms with Gasteiger partial charge in [-0.1, -0.05) is 101 Å². The molecule has 32 heteroatoms. The van der Waals surface area contributed by atoms with E-state index in [1.165, 1.54) is 14.2 Å². The Balaban J connectivity index is 0.000000192. The third kappa shape index (κ3) is 19.0. The largest absolute Gasteiger partial charge is 0.454 e. The van der Waals surface area contributed by atoms with Crippen LogP contribution in [0.3, 0.4) is 0 Å². The molecule has 7 aliphatic heterocycles. The Labute approximate surface area is 684 Å². The number of nitrogens with one attached hydrogen (secondary N) is 5. The van der Waals surface area contributed by atoms with E-state index in [9.17, 15) is 43.2 Å². The summed E-state index contributed by atoms with van der Waals surface area (Å²) in [6.07, 6.45) is 2.31. The summed E-state index contributed by atoms with van der Waals surface area (Å²) in [5, 5.41) is 17.8. The number of rotatable bonds is 16. The van der Waals surface area contributed by atoms with E-state index < -0.39 is 77.7 Å². The molecule has 0 aliphatic carbocycles. The molecule has 9 atom stereocenters. The first kappa shape index (κ1) is 87.4. The van der Waals surface area contributed by atoms with Crippen molar-refractivity contribution in [1.29, 1.82) is 0 Å². The van der Waals surface area contributed by atoms with Gasteiger partial charge in [0.05, 0.1) is 38.3 Å². The van der Waals surface area contributed by atoms with Crippen LogP contribution >= 0.6 is 37.2 Å². The molecule has 6 amide bonds. The number of carboxylic acid groups (broad SMARTS) is 1. The van der Waals surface area contributed by atoms with E-state index in [1.807, 2.05) is 109 Å². The van der Waals surface area contributed by atoms with Crippen LogP contribution < -0.4 is 69.5 Å². The van der Waals surface area contributed by atoms with Crippen LogP contribution in [0.5, 0.6) is 34.5 Å². The minimum atomic E-state index is -0.888. The minimum absolute atomic E-state index is 0. The third-order valence-corrected chi connectivity index (χ3v) is 19.9. The number of aromatic amines is 3. The second-order valence-corrected chi connectivity index (χ2v) is 42.7. The smallest absolute Gasteiger partial charge is 0.246 e. The number of nitrogens with zero attached hydrogens (tertiary/aromatic N) is 2. The number of carbonyl (C=O) groups is 9. The normalized spacial score (nSPS) is 19.2. The summed E-state index contributed by atoms with van der Waals surface area (Å²) in [6, 6.07) is 36.9. The van der Waals surface area contributed by atoms with Crippen LogP contribution in [0.4, 0.5) is 0 Å². The summed E-state index contributed by atoms with van der Waals surface area (Å²) in [7, 11) is 2.74. The Morgan fingerprint density at radius 2 is 0.973 bits per heavy atom. The number of carboxylic acids is 1. The summed E-state index contributed by atoms with van der Waals surface area (Å²) in [5.74, 6) is -0.890. The Morgan fingerprint density at radius 1 is 0.559 bits per heavy atom. The molecule has 3 aromatic heterocycles. The van der Waals surface area contributed by atoms with Gasteiger partial charge >= 0.3 is 68.4 Å². The molecule has 0 bridgehead atoms. The molecule has 1 saturated heterocycles. The van der Waals surface area contributed by atoms with Crippen LogP contribution in [0.2, 0.25) is 0 Å². The number of aromatic nitrogens is 3. The zero-order chi connectivity index (χ0) is 75.9. The third-order valence-electron chi connectivity index (χ3n) is 19.9. The van der Waals surface area contributed by atoms with E-state index in [4.69, 9.17) is 60.2 Å². The molecular formula is C79H89I3N10O18Pd-2. The Bertz CT molecular complexity index is 4920. The van der Waals surface area contributed by atoms with Crippen molar-refractivity contribution in [3.63, 3.8) is 0 Å². The SMILES string of the molecule is C.C.COC(=O)[C@H]1Cc2c([nH]c3ccccc23)[C@@H](c2ccc3c(c2)OCO3)N1.COC(=O)[C@H]1Cc2c([nH]c3ccccc23)[C@@H](c2ccc3c(c2)OCO3)N1C(=O)[C@@H](C)CCC(N)=O.C[C@@H](CCC(N)=O)C(=O)O.I[I-]I.NC(=O)CC[C@@H]1NC(=O)[C@H]2Cc3c([nH]c4ccccc34)[C@@H](c3ccc4c(c3)OCO4)N2C1=O.[CH3-].[Pd]. The number of ether oxygens (including phenoxy) is 8. The standard InChI is InChI=1S/C26H27N3O6.C24H22N4O5.C20H18N2O4.C6H11NO3.2CH4.CH3.I3.Pd/c1-14(7-10-22(27)30)25(31)29-19(26(32)33-2)12-17-16-5-3-4-6-18(16)28-23(17)24(29)15-8-9-20-21(11-15)35-13-34-20;25-20(29)8-6-16-24(31)28-17(23(30)27-16)10-14-13-3-1-2-4-15(13)26-21(14)22(28)12-5-7-18-19(9-12)33-11-32-18;1-24-20(23)15-9-13-12-4-2-3-5-14(12)21-19(13)18(22-15)11-6-7-16-17(8-11)26-10-25-16;1-4(6(9)10)2-3-5(7)8;;;;1-3-2;/h3-6,8-9,11,14,19,24,28H,7,10,12-13H2,1-2H3,(H2,27,30);1-5,7,9,16-17,22,26H,6,8,10-11H2,(H2,25,29)(H,27,30);2-8,15,18,21-22H,9-10H2,1H3;4H,2-3H2,1H3,(H2,7,8)(H,9,10);2*1H4;1H3;;/q;;;;;;2*-1;/t14-,19+,24+;16-,17+,22+;15-,18-;4-;;;;;/m0010...../s1. The molecule has 0 spiro atoms. The van der Waals surface area contributed by atoms with Crippen molar-refractivity contribution in [2.45, 2.75) is 129 Å². The van der Waals surface area contributed by atoms with Crippen molar-refractivity contribution in [3.8, 4) is 34.5 Å². The number of carbonyl (C=O) groups excluding carboxylic acids is 8. The van der Waals surface area contributed by atoms with E-state index in [0.717, 1.165) is 94.7 Å². The number of para-hydroxylation sites is 3. The van der Waals surface area contributed by atoms with Crippen LogP contribution in [0.1, 0.15) is 136 Å². The van der Waals surface area contributed by atoms with Gasteiger partial charge in [-0.05, 0) is 107 Å². The summed E-state index contributed by atoms with van der Waals surface area (Å²) in [5.41, 5.74) is 26.9. The van der Waals surface area contributed by atoms with Gasteiger partial charge < -0.3 is 97.7 Å². The first-order chi connectivity index (χ1) is 51.6. The predicted octanol–water partition coefficient (Wildman–Crippen LogP) is 7.46. The van der Waals surface area contributed by atoms with E-state index in [2.05, 4.69) is 75.0 Å². The van der Waals surface area contributed by atoms with Gasteiger partial charge in [0.25, 0.3) is 0 Å². The number of amides is 6. The molecule has 12 N–H and O–H groups in total. The van der Waals surface area contributed by atoms with Gasteiger partial charge in [0.15, 0.2) is 34.5 Å². The van der Waals surface area contributed by atoms with Crippen molar-refractivity contribution in [3.05, 3.63) is 185 Å². The number of nitrogens with two attached hydrogens (primary N) is 3. The van der Waals surface area contributed by atoms with E-state index in [1.54, 1.807) is 29.7 Å². The molecule has 6 aromatic carbocycles. The molecule has 1 fully saturated rings. The fourth-order valence-electron chi connectivity index (χ4n) is 14.6. The number of benzene rings is 6. The van der Waals surface area contributed by atoms with Crippen LogP contribution in [-0.2, 0) is 92.3 Å². The number of halogens is 3. The fraction of sp³-hybridized carbons (Fsp3) is 0.342. The van der Waals surface area contributed by atoms with Crippen LogP contribution in [-0.4, -0.2) is 142 Å². The molecule has 0 saturated carbocycles. The molecule has 10 heterocycles. The number of fused-ring (bicyclic) bond motifs is 13. The average molecular weight is 1950 g/mol. The van der Waals surface area contributed by atoms with Gasteiger partial charge in [-0.3, -0.25) is 43.7 Å². The van der Waals surface area contributed by atoms with Gasteiger partial charge in [0.1, 0.15) is 24.2 Å². The number of esters is 2. The number of hydrogen-bond donors (Lipinski definition) is 9. The van der Waals surface area contributed by atoms with Gasteiger partial charge in [-0.25, -0.2) is 4.79 Å². The monoisotopic (exact) mass is 1950 g/mol. The number of primary amides is 3. The number of aliphatic carboxylic acids is 1. The van der Waals surface area contributed by atoms with Crippen molar-refractivity contribution in [2.75, 3.05) is 34.6 Å². The molecule has 9 aromatic rings. The van der Waals surface area contributed by atoms with Gasteiger partial charge in [-0.2, -0.15) is 0 Å². The van der Waals surface area contributed by atoms with Gasteiger partial charge in [0, 0.05) is 115 Å². The van der Waals surface area contributed by atoms with Gasteiger partial charge in [0.2, 0.25) is 55.8 Å². The topological polar surface area (TPSA) is 404 Å². The summed E-state index contributed by atoms with van der Waals surface area (Å²) in [4.78, 5) is 123. The first-order valence-corrected chi connectivity index (χ1v) is 46.9. The molecule has 0 unspecified atom stereocenters. The summed E-state index contributed by atoms with van der Waals surface area (Å²) >= 11 is 5.30. The molecule has 0 radical (unpaired) electrons. The van der Waals surface area contributed by atoms with E-state index >= 15 is 0 Å². The summed E-state index contributed by atoms with van der Waals surface area (Å²) < 4.78 is 43.2. The van der Waals surface area contributed by atoms with Crippen molar-refractivity contribution < 1.29 is 120 Å². The average Bonchev–Trinajstić information content (AvgIpc) is 1.69. The molecule has 28 nitrogen and oxygen atoms in total. The maximum absolute atomic E-state index is 13.9. The van der Waals surface area contributed by atoms with Crippen LogP contribution in [0.15, 0.2) is 127 Å². The quantitative estimate of drug-likeness (QED) is 0.0196. The fourth-order valence-corrected chi connectivity index (χ4v) is 14.6.